The number of hydrogen-bond acceptors (Lipinski definition) is 9. The molecule has 230 valence electrons. The first kappa shape index (κ1) is 31.4. The Labute approximate surface area is 257 Å². The van der Waals surface area contributed by atoms with Crippen LogP contribution in [0.1, 0.15) is 61.0 Å². The van der Waals surface area contributed by atoms with Gasteiger partial charge in [-0.05, 0) is 75.6 Å². The van der Waals surface area contributed by atoms with Gasteiger partial charge in [0, 0.05) is 42.1 Å². The molecule has 2 aliphatic rings. The predicted octanol–water partition coefficient (Wildman–Crippen LogP) is 6.30. The van der Waals surface area contributed by atoms with Gasteiger partial charge in [-0.15, -0.1) is 0 Å². The first-order valence-corrected chi connectivity index (χ1v) is 17.9. The maximum Gasteiger partial charge on any atom is 0.494 e. The second-order valence-corrected chi connectivity index (χ2v) is 19.3. The van der Waals surface area contributed by atoms with Crippen LogP contribution in [-0.4, -0.2) is 61.9 Å². The Morgan fingerprint density at radius 1 is 1.02 bits per heavy atom. The summed E-state index contributed by atoms with van der Waals surface area (Å²) in [6.07, 6.45) is 3.61. The van der Waals surface area contributed by atoms with Gasteiger partial charge < -0.3 is 29.1 Å². The molecule has 0 spiro atoms. The number of pyridine rings is 1. The topological polar surface area (TPSA) is 99.7 Å². The van der Waals surface area contributed by atoms with Gasteiger partial charge in [-0.25, -0.2) is 15.0 Å². The Morgan fingerprint density at radius 3 is 2.37 bits per heavy atom. The molecular weight excluding hydrogens is 557 g/mol. The number of ether oxygens (including phenoxy) is 1. The number of aromatic nitrogens is 3. The van der Waals surface area contributed by atoms with Crippen LogP contribution in [0, 0.1) is 0 Å². The second-order valence-electron chi connectivity index (χ2n) is 14.5. The molecular formula is C32H46BN5O4Si. The van der Waals surface area contributed by atoms with Crippen molar-refractivity contribution in [2.24, 2.45) is 0 Å². The molecule has 9 nitrogen and oxygen atoms in total. The maximum atomic E-state index is 6.66. The average molecular weight is 604 g/mol. The van der Waals surface area contributed by atoms with Crippen molar-refractivity contribution < 1.29 is 18.5 Å². The van der Waals surface area contributed by atoms with E-state index in [9.17, 15) is 0 Å². The Hall–Kier alpha value is -2.99. The first-order valence-electron chi connectivity index (χ1n) is 15.0. The highest BCUT2D eigenvalue weighted by molar-refractivity contribution is 6.74. The fraction of sp³-hybridized carbons (Fsp3) is 0.531. The molecule has 0 amide bonds. The zero-order valence-corrected chi connectivity index (χ0v) is 28.5. The summed E-state index contributed by atoms with van der Waals surface area (Å²) in [4.78, 5) is 14.1. The van der Waals surface area contributed by atoms with E-state index in [4.69, 9.17) is 28.4 Å². The lowest BCUT2D eigenvalue weighted by atomic mass is 9.79. The number of fused-ring (bicyclic) bond motifs is 1. The SMILES string of the molecule is COc1cc(B2OC(C)(C)C(C)(C)O2)ccc1Nc1nccc(-c2cnc3c(c2)C(C)(CO[Si](C)(C)C(C)(C)C)CN3)n1. The maximum absolute atomic E-state index is 6.66. The van der Waals surface area contributed by atoms with Crippen LogP contribution in [0.2, 0.25) is 18.1 Å². The highest BCUT2D eigenvalue weighted by Gasteiger charge is 2.52. The Kier molecular flexibility index (Phi) is 7.95. The van der Waals surface area contributed by atoms with Gasteiger partial charge in [0.1, 0.15) is 11.6 Å². The van der Waals surface area contributed by atoms with Crippen molar-refractivity contribution in [1.82, 2.24) is 15.0 Å². The molecule has 1 atom stereocenters. The quantitative estimate of drug-likeness (QED) is 0.288. The molecule has 3 aromatic rings. The van der Waals surface area contributed by atoms with Crippen molar-refractivity contribution in [2.45, 2.75) is 90.1 Å². The number of nitrogens with zero attached hydrogens (tertiary/aromatic N) is 3. The summed E-state index contributed by atoms with van der Waals surface area (Å²) in [5.74, 6) is 2.01. The van der Waals surface area contributed by atoms with Crippen molar-refractivity contribution in [1.29, 1.82) is 0 Å². The van der Waals surface area contributed by atoms with Gasteiger partial charge in [0.15, 0.2) is 8.32 Å². The minimum absolute atomic E-state index is 0.150. The van der Waals surface area contributed by atoms with Crippen molar-refractivity contribution in [2.75, 3.05) is 30.9 Å². The van der Waals surface area contributed by atoms with Gasteiger partial charge in [-0.3, -0.25) is 0 Å². The van der Waals surface area contributed by atoms with Crippen molar-refractivity contribution in [3.63, 3.8) is 0 Å². The van der Waals surface area contributed by atoms with Crippen LogP contribution in [0.5, 0.6) is 5.75 Å². The van der Waals surface area contributed by atoms with E-state index in [1.54, 1.807) is 13.3 Å². The number of anilines is 3. The molecule has 1 aromatic carbocycles. The zero-order chi connectivity index (χ0) is 31.4. The normalized spacial score (nSPS) is 21.0. The minimum atomic E-state index is -1.90. The molecule has 0 aliphatic carbocycles. The van der Waals surface area contributed by atoms with E-state index in [0.29, 0.717) is 18.3 Å². The number of rotatable bonds is 8. The van der Waals surface area contributed by atoms with Crippen molar-refractivity contribution in [3.8, 4) is 17.0 Å². The van der Waals surface area contributed by atoms with E-state index in [-0.39, 0.29) is 10.5 Å². The lowest BCUT2D eigenvalue weighted by Gasteiger charge is -2.39. The summed E-state index contributed by atoms with van der Waals surface area (Å²) >= 11 is 0. The Morgan fingerprint density at radius 2 is 1.72 bits per heavy atom. The Balaban J connectivity index is 1.36. The van der Waals surface area contributed by atoms with Crippen LogP contribution in [-0.2, 0) is 19.1 Å². The molecule has 43 heavy (non-hydrogen) atoms. The van der Waals surface area contributed by atoms with Gasteiger partial charge in [0.25, 0.3) is 0 Å². The molecule has 0 bridgehead atoms. The fourth-order valence-electron chi connectivity index (χ4n) is 4.90. The summed E-state index contributed by atoms with van der Waals surface area (Å²) < 4.78 is 24.8. The first-order chi connectivity index (χ1) is 19.9. The van der Waals surface area contributed by atoms with Crippen LogP contribution in [0.3, 0.4) is 0 Å². The summed E-state index contributed by atoms with van der Waals surface area (Å²) in [5, 5.41) is 6.96. The van der Waals surface area contributed by atoms with Crippen LogP contribution >= 0.6 is 0 Å². The van der Waals surface area contributed by atoms with Gasteiger partial charge in [-0.2, -0.15) is 0 Å². The van der Waals surface area contributed by atoms with Crippen molar-refractivity contribution >= 4 is 38.4 Å². The molecule has 2 aliphatic heterocycles. The third-order valence-corrected chi connectivity index (χ3v) is 14.2. The second kappa shape index (κ2) is 10.9. The Bertz CT molecular complexity index is 1490. The molecule has 11 heteroatoms. The number of hydrogen-bond donors (Lipinski definition) is 2. The molecule has 1 unspecified atom stereocenters. The highest BCUT2D eigenvalue weighted by Crippen LogP contribution is 2.42. The molecule has 5 rings (SSSR count). The zero-order valence-electron chi connectivity index (χ0n) is 27.5. The largest absolute Gasteiger partial charge is 0.495 e. The third-order valence-electron chi connectivity index (χ3n) is 9.69. The van der Waals surface area contributed by atoms with Gasteiger partial charge in [-0.1, -0.05) is 33.8 Å². The van der Waals surface area contributed by atoms with Crippen LogP contribution < -0.4 is 20.8 Å². The van der Waals surface area contributed by atoms with Gasteiger partial charge in [0.05, 0.1) is 29.7 Å². The summed E-state index contributed by atoms with van der Waals surface area (Å²) in [7, 11) is -0.735. The molecule has 2 N–H and O–H groups in total. The lowest BCUT2D eigenvalue weighted by molar-refractivity contribution is 0.00578. The minimum Gasteiger partial charge on any atom is -0.495 e. The molecule has 1 fully saturated rings. The van der Waals surface area contributed by atoms with E-state index < -0.39 is 26.6 Å². The fourth-order valence-corrected chi connectivity index (χ4v) is 6.01. The van der Waals surface area contributed by atoms with Crippen molar-refractivity contribution in [3.05, 3.63) is 48.3 Å². The molecule has 1 saturated heterocycles. The monoisotopic (exact) mass is 603 g/mol. The average Bonchev–Trinajstić information content (AvgIpc) is 3.38. The van der Waals surface area contributed by atoms with E-state index >= 15 is 0 Å². The van der Waals surface area contributed by atoms with E-state index in [0.717, 1.165) is 40.3 Å². The summed E-state index contributed by atoms with van der Waals surface area (Å²) in [6.45, 7) is 23.2. The van der Waals surface area contributed by atoms with E-state index in [2.05, 4.69) is 62.5 Å². The van der Waals surface area contributed by atoms with Gasteiger partial charge >= 0.3 is 7.12 Å². The smallest absolute Gasteiger partial charge is 0.494 e. The van der Waals surface area contributed by atoms with E-state index in [1.807, 2.05) is 58.2 Å². The van der Waals surface area contributed by atoms with Crippen LogP contribution in [0.4, 0.5) is 17.5 Å². The molecule has 2 aromatic heterocycles. The predicted molar refractivity (Wildman–Crippen MR) is 176 cm³/mol. The summed E-state index contributed by atoms with van der Waals surface area (Å²) in [5.41, 5.74) is 3.45. The highest BCUT2D eigenvalue weighted by atomic mass is 28.4. The number of benzene rings is 1. The summed E-state index contributed by atoms with van der Waals surface area (Å²) in [6, 6.07) is 9.92. The lowest BCUT2D eigenvalue weighted by Crippen LogP contribution is -2.45. The number of methoxy groups -OCH3 is 1. The molecule has 0 radical (unpaired) electrons. The van der Waals surface area contributed by atoms with Crippen LogP contribution in [0.25, 0.3) is 11.3 Å². The number of nitrogens with one attached hydrogen (secondary N) is 2. The molecule has 4 heterocycles. The third kappa shape index (κ3) is 6.05. The van der Waals surface area contributed by atoms with Crippen LogP contribution in [0.15, 0.2) is 42.7 Å². The van der Waals surface area contributed by atoms with E-state index in [1.165, 1.54) is 0 Å². The standard InChI is InChI=1S/C32H46BN5O4Si/c1-29(2,3)43(10,11)40-20-32(8)19-36-27-23(32)16-21(18-35-27)24-14-15-34-28(37-24)38-25-13-12-22(17-26(25)39-9)33-41-30(4,5)31(6,7)42-33/h12-18H,19-20H2,1-11H3,(H,35,36)(H,34,37,38). The van der Waals surface area contributed by atoms with Gasteiger partial charge in [0.2, 0.25) is 5.95 Å². The molecule has 0 saturated carbocycles.